The van der Waals surface area contributed by atoms with Crippen molar-refractivity contribution in [2.24, 2.45) is 0 Å². The van der Waals surface area contributed by atoms with Crippen LogP contribution in [-0.4, -0.2) is 44.9 Å². The molecule has 4 aromatic rings. The third-order valence-electron chi connectivity index (χ3n) is 5.57. The predicted molar refractivity (Wildman–Crippen MR) is 118 cm³/mol. The molecule has 3 aromatic heterocycles. The van der Waals surface area contributed by atoms with Gasteiger partial charge in [0.05, 0.1) is 24.1 Å². The highest BCUT2D eigenvalue weighted by Crippen LogP contribution is 2.33. The van der Waals surface area contributed by atoms with E-state index in [1.807, 2.05) is 35.7 Å². The van der Waals surface area contributed by atoms with Crippen LogP contribution in [0, 0.1) is 6.92 Å². The molecule has 1 saturated heterocycles. The number of hydrogen-bond donors (Lipinski definition) is 2. The Labute approximate surface area is 184 Å². The number of ether oxygens (including phenoxy) is 1. The molecule has 31 heavy (non-hydrogen) atoms. The number of benzene rings is 1. The van der Waals surface area contributed by atoms with Gasteiger partial charge in [0.2, 0.25) is 5.82 Å². The Balaban J connectivity index is 0.00000231. The molecule has 4 heterocycles. The van der Waals surface area contributed by atoms with Crippen LogP contribution in [0.4, 0.5) is 0 Å². The Hall–Kier alpha value is -3.17. The highest BCUT2D eigenvalue weighted by atomic mass is 35.5. The fourth-order valence-electron chi connectivity index (χ4n) is 4.11. The Bertz CT molecular complexity index is 1270. The van der Waals surface area contributed by atoms with Gasteiger partial charge in [0, 0.05) is 12.0 Å². The summed E-state index contributed by atoms with van der Waals surface area (Å²) in [5, 5.41) is 12.2. The average molecular weight is 443 g/mol. The molecule has 0 bridgehead atoms. The topological polar surface area (TPSA) is 110 Å². The van der Waals surface area contributed by atoms with Gasteiger partial charge in [0.15, 0.2) is 0 Å². The molecule has 9 nitrogen and oxygen atoms in total. The Morgan fingerprint density at radius 1 is 1.23 bits per heavy atom. The molecule has 1 aromatic carbocycles. The van der Waals surface area contributed by atoms with Crippen LogP contribution in [-0.2, 0) is 0 Å². The lowest BCUT2D eigenvalue weighted by atomic mass is 9.94. The lowest BCUT2D eigenvalue weighted by Gasteiger charge is -2.23. The van der Waals surface area contributed by atoms with Gasteiger partial charge in [-0.05, 0) is 45.0 Å². The second-order valence-electron chi connectivity index (χ2n) is 7.43. The first-order chi connectivity index (χ1) is 14.7. The van der Waals surface area contributed by atoms with E-state index < -0.39 is 0 Å². The van der Waals surface area contributed by atoms with Crippen molar-refractivity contribution < 1.29 is 9.26 Å². The summed E-state index contributed by atoms with van der Waals surface area (Å²) in [5.74, 6) is 1.65. The van der Waals surface area contributed by atoms with Crippen LogP contribution in [0.5, 0.6) is 5.75 Å². The van der Waals surface area contributed by atoms with Crippen molar-refractivity contribution in [3.05, 3.63) is 52.1 Å². The number of fused-ring (bicyclic) bond motifs is 1. The quantitative estimate of drug-likeness (QED) is 0.499. The largest absolute Gasteiger partial charge is 0.496 e. The Kier molecular flexibility index (Phi) is 5.79. The zero-order valence-corrected chi connectivity index (χ0v) is 18.0. The van der Waals surface area contributed by atoms with E-state index in [0.29, 0.717) is 34.4 Å². The molecule has 0 unspecified atom stereocenters. The van der Waals surface area contributed by atoms with Crippen LogP contribution in [0.25, 0.3) is 28.5 Å². The average Bonchev–Trinajstić information content (AvgIpc) is 3.37. The third kappa shape index (κ3) is 3.70. The molecule has 162 valence electrons. The van der Waals surface area contributed by atoms with Crippen molar-refractivity contribution >= 4 is 18.1 Å². The van der Waals surface area contributed by atoms with Crippen molar-refractivity contribution in [1.82, 2.24) is 30.1 Å². The van der Waals surface area contributed by atoms with Crippen LogP contribution in [0.15, 0.2) is 39.6 Å². The second kappa shape index (κ2) is 8.52. The van der Waals surface area contributed by atoms with Crippen LogP contribution in [0.2, 0.25) is 0 Å². The summed E-state index contributed by atoms with van der Waals surface area (Å²) < 4.78 is 12.8. The molecule has 0 saturated carbocycles. The normalized spacial score (nSPS) is 14.5. The highest BCUT2D eigenvalue weighted by Gasteiger charge is 2.25. The number of rotatable bonds is 4. The van der Waals surface area contributed by atoms with E-state index >= 15 is 0 Å². The molecular weight excluding hydrogens is 420 g/mol. The van der Waals surface area contributed by atoms with Gasteiger partial charge in [-0.3, -0.25) is 4.79 Å². The molecule has 1 aliphatic rings. The van der Waals surface area contributed by atoms with Gasteiger partial charge in [0.25, 0.3) is 11.4 Å². The fourth-order valence-corrected chi connectivity index (χ4v) is 4.11. The molecule has 10 heteroatoms. The van der Waals surface area contributed by atoms with Crippen molar-refractivity contribution in [2.45, 2.75) is 25.7 Å². The van der Waals surface area contributed by atoms with Crippen molar-refractivity contribution in [3.63, 3.8) is 0 Å². The standard InChI is InChI=1S/C21H22N6O3.ClH/c1-12-18(21-24-19(26-30-21)14-5-3-4-6-16(14)29-2)20-23-17(28)11-15(27(20)25-12)13-7-9-22-10-8-13;/h3-6,11,13,22H,7-10H2,1-2H3,(H,23,28);1H. The fraction of sp³-hybridized carbons (Fsp3) is 0.333. The van der Waals surface area contributed by atoms with Gasteiger partial charge in [0.1, 0.15) is 17.0 Å². The number of H-pyrrole nitrogens is 1. The predicted octanol–water partition coefficient (Wildman–Crippen LogP) is 2.95. The van der Waals surface area contributed by atoms with Crippen LogP contribution < -0.4 is 15.6 Å². The number of halogens is 1. The number of hydrogen-bond acceptors (Lipinski definition) is 7. The maximum absolute atomic E-state index is 12.5. The smallest absolute Gasteiger partial charge is 0.263 e. The monoisotopic (exact) mass is 442 g/mol. The van der Waals surface area contributed by atoms with E-state index in [9.17, 15) is 4.79 Å². The third-order valence-corrected chi connectivity index (χ3v) is 5.57. The number of nitrogens with one attached hydrogen (secondary N) is 2. The van der Waals surface area contributed by atoms with Crippen LogP contribution >= 0.6 is 12.4 Å². The van der Waals surface area contributed by atoms with Gasteiger partial charge >= 0.3 is 0 Å². The van der Waals surface area contributed by atoms with Gasteiger partial charge < -0.3 is 19.6 Å². The van der Waals surface area contributed by atoms with Crippen molar-refractivity contribution in [3.8, 4) is 28.6 Å². The minimum Gasteiger partial charge on any atom is -0.496 e. The maximum atomic E-state index is 12.5. The van der Waals surface area contributed by atoms with Gasteiger partial charge in [-0.15, -0.1) is 12.4 Å². The van der Waals surface area contributed by atoms with Gasteiger partial charge in [-0.1, -0.05) is 17.3 Å². The molecule has 0 radical (unpaired) electrons. The number of methoxy groups -OCH3 is 1. The van der Waals surface area contributed by atoms with Crippen LogP contribution in [0.1, 0.15) is 30.1 Å². The first-order valence-electron chi connectivity index (χ1n) is 9.96. The summed E-state index contributed by atoms with van der Waals surface area (Å²) >= 11 is 0. The van der Waals surface area contributed by atoms with Gasteiger partial charge in [-0.2, -0.15) is 10.1 Å². The lowest BCUT2D eigenvalue weighted by Crippen LogP contribution is -2.28. The van der Waals surface area contributed by atoms with E-state index in [-0.39, 0.29) is 23.9 Å². The summed E-state index contributed by atoms with van der Waals surface area (Å²) in [6, 6.07) is 9.12. The summed E-state index contributed by atoms with van der Waals surface area (Å²) in [4.78, 5) is 19.9. The second-order valence-corrected chi connectivity index (χ2v) is 7.43. The molecule has 1 fully saturated rings. The Morgan fingerprint density at radius 3 is 2.77 bits per heavy atom. The zero-order chi connectivity index (χ0) is 20.7. The SMILES string of the molecule is COc1ccccc1-c1noc(-c2c(C)nn3c(C4CCNCC4)cc(=O)[nH]c23)n1.Cl. The summed E-state index contributed by atoms with van der Waals surface area (Å²) in [6.07, 6.45) is 1.93. The summed E-state index contributed by atoms with van der Waals surface area (Å²) in [7, 11) is 1.60. The van der Waals surface area contributed by atoms with Crippen molar-refractivity contribution in [1.29, 1.82) is 0 Å². The number of aryl methyl sites for hydroxylation is 1. The molecule has 0 amide bonds. The number of aromatic nitrogens is 5. The molecule has 0 aliphatic carbocycles. The molecule has 0 atom stereocenters. The molecular formula is C21H23ClN6O3. The molecule has 2 N–H and O–H groups in total. The number of para-hydroxylation sites is 1. The minimum absolute atomic E-state index is 0. The minimum atomic E-state index is -0.165. The highest BCUT2D eigenvalue weighted by molar-refractivity contribution is 5.85. The van der Waals surface area contributed by atoms with E-state index in [1.54, 1.807) is 13.2 Å². The van der Waals surface area contributed by atoms with E-state index in [4.69, 9.17) is 14.4 Å². The van der Waals surface area contributed by atoms with E-state index in [2.05, 4.69) is 20.4 Å². The first-order valence-corrected chi connectivity index (χ1v) is 9.96. The zero-order valence-electron chi connectivity index (χ0n) is 17.2. The molecule has 1 aliphatic heterocycles. The first kappa shape index (κ1) is 21.1. The van der Waals surface area contributed by atoms with Crippen molar-refractivity contribution in [2.75, 3.05) is 20.2 Å². The van der Waals surface area contributed by atoms with E-state index in [0.717, 1.165) is 37.2 Å². The molecule has 0 spiro atoms. The Morgan fingerprint density at radius 2 is 2.00 bits per heavy atom. The summed E-state index contributed by atoms with van der Waals surface area (Å²) in [6.45, 7) is 3.73. The number of aromatic amines is 1. The lowest BCUT2D eigenvalue weighted by molar-refractivity contribution is 0.413. The molecule has 5 rings (SSSR count). The maximum Gasteiger partial charge on any atom is 0.263 e. The van der Waals surface area contributed by atoms with Gasteiger partial charge in [-0.25, -0.2) is 4.52 Å². The van der Waals surface area contributed by atoms with Crippen LogP contribution in [0.3, 0.4) is 0 Å². The van der Waals surface area contributed by atoms with E-state index in [1.165, 1.54) is 0 Å². The number of piperidine rings is 1. The number of nitrogens with zero attached hydrogens (tertiary/aromatic N) is 4. The summed E-state index contributed by atoms with van der Waals surface area (Å²) in [5.41, 5.74) is 3.39.